The van der Waals surface area contributed by atoms with Crippen molar-refractivity contribution in [1.82, 2.24) is 15.2 Å². The summed E-state index contributed by atoms with van der Waals surface area (Å²) in [7, 11) is 2.99. The van der Waals surface area contributed by atoms with Crippen LogP contribution in [0.2, 0.25) is 0 Å². The summed E-state index contributed by atoms with van der Waals surface area (Å²) in [6.07, 6.45) is 3.19. The van der Waals surface area contributed by atoms with Crippen LogP contribution >= 0.6 is 0 Å². The highest BCUT2D eigenvalue weighted by Gasteiger charge is 2.27. The molecule has 1 fully saturated rings. The molecule has 1 aromatic heterocycles. The quantitative estimate of drug-likeness (QED) is 0.280. The first-order valence-electron chi connectivity index (χ1n) is 15.0. The van der Waals surface area contributed by atoms with Crippen molar-refractivity contribution in [2.24, 2.45) is 5.41 Å². The zero-order valence-electron chi connectivity index (χ0n) is 26.8. The zero-order valence-corrected chi connectivity index (χ0v) is 26.8. The molecular formula is C34H41N5O7. The number of benzene rings is 2. The number of amides is 3. The first-order valence-corrected chi connectivity index (χ1v) is 15.0. The number of aromatic nitrogens is 1. The topological polar surface area (TPSA) is 150 Å². The van der Waals surface area contributed by atoms with Gasteiger partial charge < -0.3 is 35.0 Å². The number of pyridine rings is 1. The number of methoxy groups -OCH3 is 2. The highest BCUT2D eigenvalue weighted by atomic mass is 16.5. The fraction of sp³-hybridized carbons (Fsp3) is 0.382. The van der Waals surface area contributed by atoms with Crippen molar-refractivity contribution >= 4 is 35.1 Å². The summed E-state index contributed by atoms with van der Waals surface area (Å²) in [5.74, 6) is -1.06. The Labute approximate surface area is 268 Å². The van der Waals surface area contributed by atoms with Crippen molar-refractivity contribution in [3.63, 3.8) is 0 Å². The third-order valence-electron chi connectivity index (χ3n) is 7.58. The number of carbonyl (C=O) groups is 4. The summed E-state index contributed by atoms with van der Waals surface area (Å²) in [4.78, 5) is 59.4. The summed E-state index contributed by atoms with van der Waals surface area (Å²) in [6.45, 7) is 8.20. The fourth-order valence-corrected chi connectivity index (χ4v) is 5.24. The summed E-state index contributed by atoms with van der Waals surface area (Å²) in [6, 6.07) is 12.3. The molecule has 1 aliphatic rings. The smallest absolute Gasteiger partial charge is 0.305 e. The highest BCUT2D eigenvalue weighted by Crippen LogP contribution is 2.32. The SMILES string of the molecule is COc1ccc(C(=O)Nc2cc(C(=O)NC(CC(=O)O)c3cccnc3)ccc2N2CCN(C(=O)CC(C)(C)C)CC2)cc1OC. The second-order valence-electron chi connectivity index (χ2n) is 12.3. The van der Waals surface area contributed by atoms with Crippen molar-refractivity contribution in [1.29, 1.82) is 0 Å². The number of nitrogens with zero attached hydrogens (tertiary/aromatic N) is 3. The molecule has 0 saturated carbocycles. The van der Waals surface area contributed by atoms with Crippen LogP contribution < -0.4 is 25.0 Å². The monoisotopic (exact) mass is 631 g/mol. The molecule has 3 N–H and O–H groups in total. The van der Waals surface area contributed by atoms with E-state index in [4.69, 9.17) is 9.47 Å². The maximum absolute atomic E-state index is 13.5. The molecule has 2 heterocycles. The minimum atomic E-state index is -1.08. The van der Waals surface area contributed by atoms with Gasteiger partial charge in [-0.2, -0.15) is 0 Å². The summed E-state index contributed by atoms with van der Waals surface area (Å²) in [5.41, 5.74) is 2.04. The number of rotatable bonds is 11. The third-order valence-corrected chi connectivity index (χ3v) is 7.58. The molecule has 12 nitrogen and oxygen atoms in total. The van der Waals surface area contributed by atoms with E-state index in [1.54, 1.807) is 54.7 Å². The Hall–Kier alpha value is -5.13. The van der Waals surface area contributed by atoms with Gasteiger partial charge in [-0.3, -0.25) is 24.2 Å². The summed E-state index contributed by atoms with van der Waals surface area (Å²) in [5, 5.41) is 15.2. The maximum Gasteiger partial charge on any atom is 0.305 e. The first-order chi connectivity index (χ1) is 21.9. The van der Waals surface area contributed by atoms with E-state index in [1.165, 1.54) is 20.4 Å². The van der Waals surface area contributed by atoms with Crippen molar-refractivity contribution in [2.75, 3.05) is 50.6 Å². The molecule has 1 aliphatic heterocycles. The molecule has 3 amide bonds. The Morgan fingerprint density at radius 2 is 1.59 bits per heavy atom. The largest absolute Gasteiger partial charge is 0.493 e. The van der Waals surface area contributed by atoms with Gasteiger partial charge in [-0.15, -0.1) is 0 Å². The molecule has 1 atom stereocenters. The van der Waals surface area contributed by atoms with Crippen LogP contribution in [0.25, 0.3) is 0 Å². The van der Waals surface area contributed by atoms with Gasteiger partial charge in [0.25, 0.3) is 11.8 Å². The molecule has 3 aromatic rings. The molecule has 1 unspecified atom stereocenters. The first kappa shape index (κ1) is 33.8. The van der Waals surface area contributed by atoms with E-state index in [2.05, 4.69) is 20.5 Å². The Kier molecular flexibility index (Phi) is 10.8. The average molecular weight is 632 g/mol. The van der Waals surface area contributed by atoms with Crippen LogP contribution in [0, 0.1) is 5.41 Å². The lowest BCUT2D eigenvalue weighted by Gasteiger charge is -2.38. The third kappa shape index (κ3) is 8.74. The standard InChI is InChI=1S/C34H41N5O7/c1-34(2,3)20-30(40)39-15-13-38(14-16-39)27-10-8-22(32(43)36-25(19-31(41)42)24-7-6-12-35-21-24)17-26(27)37-33(44)23-9-11-28(45-4)29(18-23)46-5/h6-12,17-18,21,25H,13-16,19-20H2,1-5H3,(H,36,43)(H,37,44)(H,41,42). The van der Waals surface area contributed by atoms with Gasteiger partial charge in [0.05, 0.1) is 38.1 Å². The van der Waals surface area contributed by atoms with Gasteiger partial charge in [-0.25, -0.2) is 0 Å². The molecule has 0 spiro atoms. The second-order valence-corrected chi connectivity index (χ2v) is 12.3. The van der Waals surface area contributed by atoms with Crippen molar-refractivity contribution < 1.29 is 33.8 Å². The molecule has 0 aliphatic carbocycles. The molecular weight excluding hydrogens is 590 g/mol. The highest BCUT2D eigenvalue weighted by molar-refractivity contribution is 6.07. The zero-order chi connectivity index (χ0) is 33.4. The van der Waals surface area contributed by atoms with Crippen LogP contribution in [0.1, 0.15) is 65.9 Å². The van der Waals surface area contributed by atoms with Crippen LogP contribution in [0.15, 0.2) is 60.9 Å². The van der Waals surface area contributed by atoms with Crippen molar-refractivity contribution in [3.05, 3.63) is 77.6 Å². The van der Waals surface area contributed by atoms with Gasteiger partial charge >= 0.3 is 5.97 Å². The van der Waals surface area contributed by atoms with Crippen LogP contribution in [0.5, 0.6) is 11.5 Å². The number of hydrogen-bond acceptors (Lipinski definition) is 8. The van der Waals surface area contributed by atoms with Crippen LogP contribution in [-0.2, 0) is 9.59 Å². The van der Waals surface area contributed by atoms with Gasteiger partial charge in [0.15, 0.2) is 11.5 Å². The summed E-state index contributed by atoms with van der Waals surface area (Å²) >= 11 is 0. The number of carboxylic acid groups (broad SMARTS) is 1. The normalized spacial score (nSPS) is 13.8. The van der Waals surface area contributed by atoms with Crippen LogP contribution in [-0.4, -0.2) is 79.1 Å². The molecule has 2 aromatic carbocycles. The average Bonchev–Trinajstić information content (AvgIpc) is 3.03. The van der Waals surface area contributed by atoms with Gasteiger partial charge in [0.2, 0.25) is 5.91 Å². The number of ether oxygens (including phenoxy) is 2. The minimum absolute atomic E-state index is 0.102. The Morgan fingerprint density at radius 1 is 0.913 bits per heavy atom. The predicted octanol–water partition coefficient (Wildman–Crippen LogP) is 4.38. The lowest BCUT2D eigenvalue weighted by Crippen LogP contribution is -2.49. The lowest BCUT2D eigenvalue weighted by molar-refractivity contribution is -0.137. The predicted molar refractivity (Wildman–Crippen MR) is 174 cm³/mol. The van der Waals surface area contributed by atoms with Gasteiger partial charge in [-0.05, 0) is 53.4 Å². The van der Waals surface area contributed by atoms with E-state index in [1.807, 2.05) is 25.7 Å². The number of carbonyl (C=O) groups excluding carboxylic acids is 3. The van der Waals surface area contributed by atoms with Gasteiger partial charge in [-0.1, -0.05) is 26.8 Å². The van der Waals surface area contributed by atoms with E-state index in [0.717, 1.165) is 0 Å². The Balaban J connectivity index is 1.62. The maximum atomic E-state index is 13.5. The molecule has 0 radical (unpaired) electrons. The fourth-order valence-electron chi connectivity index (χ4n) is 5.24. The number of carboxylic acids is 1. The van der Waals surface area contributed by atoms with E-state index < -0.39 is 23.8 Å². The Morgan fingerprint density at radius 3 is 2.20 bits per heavy atom. The number of aliphatic carboxylic acids is 1. The van der Waals surface area contributed by atoms with Crippen molar-refractivity contribution in [3.8, 4) is 11.5 Å². The molecule has 46 heavy (non-hydrogen) atoms. The number of anilines is 2. The van der Waals surface area contributed by atoms with Gasteiger partial charge in [0, 0.05) is 56.1 Å². The van der Waals surface area contributed by atoms with Crippen LogP contribution in [0.3, 0.4) is 0 Å². The van der Waals surface area contributed by atoms with Crippen LogP contribution in [0.4, 0.5) is 11.4 Å². The molecule has 12 heteroatoms. The van der Waals surface area contributed by atoms with E-state index in [-0.39, 0.29) is 23.3 Å². The second kappa shape index (κ2) is 14.8. The van der Waals surface area contributed by atoms with E-state index >= 15 is 0 Å². The van der Waals surface area contributed by atoms with E-state index in [0.29, 0.717) is 66.6 Å². The van der Waals surface area contributed by atoms with Crippen molar-refractivity contribution in [2.45, 2.75) is 39.7 Å². The Bertz CT molecular complexity index is 1560. The number of nitrogens with one attached hydrogen (secondary N) is 2. The molecule has 1 saturated heterocycles. The molecule has 244 valence electrons. The minimum Gasteiger partial charge on any atom is -0.493 e. The molecule has 4 rings (SSSR count). The lowest BCUT2D eigenvalue weighted by atomic mass is 9.91. The van der Waals surface area contributed by atoms with Gasteiger partial charge in [0.1, 0.15) is 0 Å². The van der Waals surface area contributed by atoms with E-state index in [9.17, 15) is 24.3 Å². The number of hydrogen-bond donors (Lipinski definition) is 3. The molecule has 0 bridgehead atoms. The summed E-state index contributed by atoms with van der Waals surface area (Å²) < 4.78 is 10.7. The number of piperazine rings is 1.